The molecule has 1 aromatic heterocycles. The van der Waals surface area contributed by atoms with E-state index in [9.17, 15) is 9.59 Å². The molecule has 0 bridgehead atoms. The van der Waals surface area contributed by atoms with Gasteiger partial charge in [0.15, 0.2) is 5.96 Å². The summed E-state index contributed by atoms with van der Waals surface area (Å²) in [6.07, 6.45) is 2.79. The fraction of sp³-hybridized carbons (Fsp3) is 0.444. The Labute approximate surface area is 167 Å². The van der Waals surface area contributed by atoms with Gasteiger partial charge in [0, 0.05) is 25.3 Å². The van der Waals surface area contributed by atoms with Crippen LogP contribution in [-0.2, 0) is 9.53 Å². The molecule has 2 amide bonds. The van der Waals surface area contributed by atoms with E-state index in [1.165, 1.54) is 0 Å². The molecule has 3 heterocycles. The van der Waals surface area contributed by atoms with Crippen molar-refractivity contribution in [2.45, 2.75) is 30.0 Å². The molecule has 0 spiro atoms. The fourth-order valence-corrected chi connectivity index (χ4v) is 4.72. The van der Waals surface area contributed by atoms with Crippen LogP contribution >= 0.6 is 11.8 Å². The quantitative estimate of drug-likeness (QED) is 0.246. The van der Waals surface area contributed by atoms with Gasteiger partial charge in [0.2, 0.25) is 0 Å². The van der Waals surface area contributed by atoms with Crippen molar-refractivity contribution in [3.8, 4) is 0 Å². The number of aromatic nitrogens is 1. The van der Waals surface area contributed by atoms with Crippen molar-refractivity contribution in [3.63, 3.8) is 0 Å². The van der Waals surface area contributed by atoms with E-state index in [4.69, 9.17) is 15.9 Å². The maximum absolute atomic E-state index is 12.6. The number of fused-ring (bicyclic) bond motifs is 1. The van der Waals surface area contributed by atoms with E-state index in [1.54, 1.807) is 18.0 Å². The highest BCUT2D eigenvalue weighted by Crippen LogP contribution is 2.53. The molecule has 2 unspecified atom stereocenters. The molecule has 5 N–H and O–H groups in total. The maximum atomic E-state index is 12.6. The van der Waals surface area contributed by atoms with Crippen LogP contribution in [0.25, 0.3) is 6.08 Å². The van der Waals surface area contributed by atoms with Gasteiger partial charge in [-0.2, -0.15) is 0 Å². The molecule has 0 aromatic carbocycles. The van der Waals surface area contributed by atoms with Crippen molar-refractivity contribution < 1.29 is 14.3 Å². The molecular weight excluding hydrogens is 380 g/mol. The van der Waals surface area contributed by atoms with Crippen molar-refractivity contribution >= 4 is 35.8 Å². The van der Waals surface area contributed by atoms with Crippen molar-refractivity contribution in [1.82, 2.24) is 20.5 Å². The number of rotatable bonds is 5. The van der Waals surface area contributed by atoms with Crippen molar-refractivity contribution in [1.29, 1.82) is 5.41 Å². The van der Waals surface area contributed by atoms with Crippen LogP contribution < -0.4 is 16.4 Å². The first-order valence-corrected chi connectivity index (χ1v) is 9.83. The summed E-state index contributed by atoms with van der Waals surface area (Å²) in [7, 11) is 0. The summed E-state index contributed by atoms with van der Waals surface area (Å²) in [4.78, 5) is 30.6. The lowest BCUT2D eigenvalue weighted by Crippen LogP contribution is -2.55. The first kappa shape index (κ1) is 20.2. The summed E-state index contributed by atoms with van der Waals surface area (Å²) in [5.41, 5.74) is 6.79. The predicted molar refractivity (Wildman–Crippen MR) is 108 cm³/mol. The lowest BCUT2D eigenvalue weighted by atomic mass is 9.95. The number of ether oxygens (including phenoxy) is 1. The number of nitrogens with zero attached hydrogens (tertiary/aromatic N) is 2. The summed E-state index contributed by atoms with van der Waals surface area (Å²) in [5, 5.41) is 12.5. The average molecular weight is 404 g/mol. The monoisotopic (exact) mass is 404 g/mol. The molecule has 2 saturated heterocycles. The second-order valence-corrected chi connectivity index (χ2v) is 8.43. The van der Waals surface area contributed by atoms with E-state index < -0.39 is 10.8 Å². The summed E-state index contributed by atoms with van der Waals surface area (Å²) >= 11 is 1.59. The highest BCUT2D eigenvalue weighted by Gasteiger charge is 2.59. The minimum absolute atomic E-state index is 0.0170. The van der Waals surface area contributed by atoms with Gasteiger partial charge in [0.25, 0.3) is 5.91 Å². The zero-order chi connectivity index (χ0) is 20.3. The van der Waals surface area contributed by atoms with E-state index >= 15 is 0 Å². The topological polar surface area (TPSA) is 133 Å². The number of thioether (sulfide) groups is 1. The van der Waals surface area contributed by atoms with E-state index in [0.717, 1.165) is 5.69 Å². The Morgan fingerprint density at radius 1 is 1.54 bits per heavy atom. The molecule has 3 rings (SSSR count). The third kappa shape index (κ3) is 3.97. The first-order chi connectivity index (χ1) is 13.4. The molecule has 3 atom stereocenters. The van der Waals surface area contributed by atoms with Gasteiger partial charge in [-0.15, -0.1) is 11.8 Å². The summed E-state index contributed by atoms with van der Waals surface area (Å²) in [5.74, 6) is -0.177. The smallest absolute Gasteiger partial charge is 0.413 e. The number of hydrogen-bond donors (Lipinski definition) is 4. The number of hydrogen-bond acceptors (Lipinski definition) is 7. The van der Waals surface area contributed by atoms with Gasteiger partial charge in [-0.25, -0.2) is 4.79 Å². The molecule has 2 aliphatic heterocycles. The number of guanidine groups is 1. The Morgan fingerprint density at radius 3 is 3.00 bits per heavy atom. The number of carbonyl (C=O) groups is 2. The molecule has 1 aromatic rings. The number of carbonyl (C=O) groups excluding carboxylic acids is 2. The van der Waals surface area contributed by atoms with Crippen LogP contribution in [0, 0.1) is 5.41 Å². The second kappa shape index (κ2) is 8.19. The van der Waals surface area contributed by atoms with Crippen LogP contribution in [0.3, 0.4) is 0 Å². The number of nitrogens with one attached hydrogen (secondary N) is 3. The minimum Gasteiger partial charge on any atom is -0.448 e. The molecule has 9 nitrogen and oxygen atoms in total. The molecular formula is C18H24N6O3S. The Balaban J connectivity index is 1.60. The van der Waals surface area contributed by atoms with Crippen LogP contribution in [0.2, 0.25) is 0 Å². The van der Waals surface area contributed by atoms with Crippen molar-refractivity contribution in [3.05, 3.63) is 35.7 Å². The van der Waals surface area contributed by atoms with Gasteiger partial charge in [-0.05, 0) is 32.1 Å². The van der Waals surface area contributed by atoms with E-state index in [-0.39, 0.29) is 29.9 Å². The lowest BCUT2D eigenvalue weighted by molar-refractivity contribution is -0.135. The average Bonchev–Trinajstić information content (AvgIpc) is 2.92. The summed E-state index contributed by atoms with van der Waals surface area (Å²) in [6.45, 7) is 4.77. The third-order valence-electron chi connectivity index (χ3n) is 4.84. The normalized spacial score (nSPS) is 27.2. The molecule has 0 radical (unpaired) electrons. The van der Waals surface area contributed by atoms with E-state index in [0.29, 0.717) is 18.7 Å². The van der Waals surface area contributed by atoms with Crippen LogP contribution in [0.15, 0.2) is 30.0 Å². The number of nitrogens with two attached hydrogens (primary N) is 1. The van der Waals surface area contributed by atoms with Crippen LogP contribution in [0.4, 0.5) is 4.79 Å². The number of amides is 2. The van der Waals surface area contributed by atoms with Gasteiger partial charge >= 0.3 is 6.09 Å². The van der Waals surface area contributed by atoms with Crippen LogP contribution in [0.5, 0.6) is 0 Å². The molecule has 10 heteroatoms. The maximum Gasteiger partial charge on any atom is 0.413 e. The molecule has 2 fully saturated rings. The standard InChI is InChI=1S/C18H24N6O3S/c1-11-18(2,10-27-17(26)23-16(20)22-8-6-19)28-15-13(14(25)24(11)15)9-12-5-3-4-7-21-12/h3-5,7,9,11,15H,6,8,10,19H2,1-2H3,(H3,20,22,23,26)/b13-9-/t11-,15?,18?/m0/s1. The molecule has 150 valence electrons. The molecule has 2 aliphatic rings. The SMILES string of the molecule is C[C@@H]1N2C(=O)/C(=C/c3ccccn3)C2SC1(C)COC(=O)NC(=N)NCCN. The third-order valence-corrected chi connectivity index (χ3v) is 6.54. The highest BCUT2D eigenvalue weighted by molar-refractivity contribution is 8.02. The fourth-order valence-electron chi connectivity index (χ4n) is 3.09. The number of β-lactam (4-membered cyclic amide) rings is 1. The van der Waals surface area contributed by atoms with Crippen LogP contribution in [-0.4, -0.2) is 63.7 Å². The van der Waals surface area contributed by atoms with Crippen molar-refractivity contribution in [2.24, 2.45) is 5.73 Å². The van der Waals surface area contributed by atoms with Gasteiger partial charge in [0.05, 0.1) is 16.0 Å². The Morgan fingerprint density at radius 2 is 2.32 bits per heavy atom. The summed E-state index contributed by atoms with van der Waals surface area (Å²) < 4.78 is 4.86. The molecule has 0 saturated carbocycles. The van der Waals surface area contributed by atoms with E-state index in [1.807, 2.05) is 43.0 Å². The summed E-state index contributed by atoms with van der Waals surface area (Å²) in [6, 6.07) is 5.46. The zero-order valence-corrected chi connectivity index (χ0v) is 16.6. The first-order valence-electron chi connectivity index (χ1n) is 8.95. The minimum atomic E-state index is -0.714. The van der Waals surface area contributed by atoms with Gasteiger partial charge in [0.1, 0.15) is 12.0 Å². The Hall–Kier alpha value is -2.59. The number of alkyl carbamates (subject to hydrolysis) is 1. The predicted octanol–water partition coefficient (Wildman–Crippen LogP) is 0.737. The zero-order valence-electron chi connectivity index (χ0n) is 15.8. The Bertz CT molecular complexity index is 802. The largest absolute Gasteiger partial charge is 0.448 e. The van der Waals surface area contributed by atoms with Crippen LogP contribution in [0.1, 0.15) is 19.5 Å². The van der Waals surface area contributed by atoms with Gasteiger partial charge < -0.3 is 20.7 Å². The lowest BCUT2D eigenvalue weighted by Gasteiger charge is -2.39. The van der Waals surface area contributed by atoms with Gasteiger partial charge in [-0.1, -0.05) is 6.07 Å². The van der Waals surface area contributed by atoms with Gasteiger partial charge in [-0.3, -0.25) is 20.5 Å². The Kier molecular flexibility index (Phi) is 5.90. The van der Waals surface area contributed by atoms with E-state index in [2.05, 4.69) is 15.6 Å². The number of pyridine rings is 1. The molecule has 0 aliphatic carbocycles. The highest BCUT2D eigenvalue weighted by atomic mass is 32.2. The second-order valence-electron chi connectivity index (χ2n) is 6.82. The van der Waals surface area contributed by atoms with Crippen molar-refractivity contribution in [2.75, 3.05) is 19.7 Å². The molecule has 28 heavy (non-hydrogen) atoms.